The molecule has 5 nitrogen and oxygen atoms in total. The van der Waals surface area contributed by atoms with Crippen LogP contribution in [0.1, 0.15) is 26.1 Å². The van der Waals surface area contributed by atoms with Gasteiger partial charge in [0.05, 0.1) is 10.9 Å². The van der Waals surface area contributed by atoms with Crippen LogP contribution in [0.3, 0.4) is 0 Å². The van der Waals surface area contributed by atoms with Gasteiger partial charge in [-0.2, -0.15) is 0 Å². The van der Waals surface area contributed by atoms with Crippen LogP contribution in [0.5, 0.6) is 0 Å². The van der Waals surface area contributed by atoms with Crippen LogP contribution in [0.2, 0.25) is 0 Å². The summed E-state index contributed by atoms with van der Waals surface area (Å²) in [5, 5.41) is 9.50. The zero-order valence-corrected chi connectivity index (χ0v) is 11.6. The first-order valence-electron chi connectivity index (χ1n) is 6.67. The molecule has 1 atom stereocenters. The number of hydrogen-bond acceptors (Lipinski definition) is 3. The van der Waals surface area contributed by atoms with Gasteiger partial charge >= 0.3 is 5.97 Å². The molecule has 20 heavy (non-hydrogen) atoms. The maximum Gasteiger partial charge on any atom is 0.303 e. The molecule has 2 N–H and O–H groups in total. The topological polar surface area (TPSA) is 83.0 Å². The Morgan fingerprint density at radius 2 is 2.05 bits per heavy atom. The fraction of sp³-hybridized carbons (Fsp3) is 0.400. The summed E-state index contributed by atoms with van der Waals surface area (Å²) in [4.78, 5) is 30.0. The molecule has 0 amide bonds. The van der Waals surface area contributed by atoms with Crippen molar-refractivity contribution < 1.29 is 9.90 Å². The molecule has 5 heteroatoms. The molecular formula is C15H18N2O3. The Bertz CT molecular complexity index is 676. The van der Waals surface area contributed by atoms with E-state index in [4.69, 9.17) is 5.11 Å². The van der Waals surface area contributed by atoms with Crippen LogP contribution in [0.15, 0.2) is 29.1 Å². The number of aliphatic carboxylic acids is 1. The molecule has 0 radical (unpaired) electrons. The number of rotatable bonds is 5. The van der Waals surface area contributed by atoms with E-state index in [1.54, 1.807) is 18.2 Å². The van der Waals surface area contributed by atoms with Gasteiger partial charge in [-0.15, -0.1) is 0 Å². The standard InChI is InChI=1S/C15H18N2O3/c1-9(2)10(8-14(18)19)7-13-16-12-6-4-3-5-11(12)15(20)17-13/h3-6,9-10H,7-8H2,1-2H3,(H,18,19)(H,16,17,20). The lowest BCUT2D eigenvalue weighted by atomic mass is 9.89. The molecule has 0 saturated heterocycles. The molecule has 0 spiro atoms. The fourth-order valence-corrected chi connectivity index (χ4v) is 2.25. The van der Waals surface area contributed by atoms with Gasteiger partial charge in [0.2, 0.25) is 0 Å². The minimum atomic E-state index is -0.827. The molecule has 1 aromatic heterocycles. The average molecular weight is 274 g/mol. The van der Waals surface area contributed by atoms with Gasteiger partial charge in [0.25, 0.3) is 5.56 Å². The van der Waals surface area contributed by atoms with E-state index in [1.807, 2.05) is 19.9 Å². The molecule has 0 saturated carbocycles. The molecule has 1 unspecified atom stereocenters. The molecule has 0 aliphatic carbocycles. The summed E-state index contributed by atoms with van der Waals surface area (Å²) in [6.07, 6.45) is 0.540. The lowest BCUT2D eigenvalue weighted by molar-refractivity contribution is -0.138. The third-order valence-corrected chi connectivity index (χ3v) is 3.50. The maximum atomic E-state index is 12.0. The van der Waals surface area contributed by atoms with Crippen molar-refractivity contribution in [3.05, 3.63) is 40.4 Å². The van der Waals surface area contributed by atoms with Crippen LogP contribution >= 0.6 is 0 Å². The Balaban J connectivity index is 2.33. The van der Waals surface area contributed by atoms with Crippen molar-refractivity contribution in [2.45, 2.75) is 26.7 Å². The third-order valence-electron chi connectivity index (χ3n) is 3.50. The quantitative estimate of drug-likeness (QED) is 0.875. The predicted octanol–water partition coefficient (Wildman–Crippen LogP) is 2.21. The van der Waals surface area contributed by atoms with Crippen molar-refractivity contribution in [3.8, 4) is 0 Å². The van der Waals surface area contributed by atoms with Gasteiger partial charge in [-0.05, 0) is 24.0 Å². The first-order valence-corrected chi connectivity index (χ1v) is 6.67. The summed E-state index contributed by atoms with van der Waals surface area (Å²) in [5.41, 5.74) is 0.465. The maximum absolute atomic E-state index is 12.0. The molecule has 1 heterocycles. The van der Waals surface area contributed by atoms with Crippen molar-refractivity contribution in [2.75, 3.05) is 0 Å². The normalized spacial score (nSPS) is 12.8. The second-order valence-electron chi connectivity index (χ2n) is 5.34. The van der Waals surface area contributed by atoms with E-state index in [0.29, 0.717) is 23.1 Å². The summed E-state index contributed by atoms with van der Waals surface area (Å²) in [7, 11) is 0. The summed E-state index contributed by atoms with van der Waals surface area (Å²) in [6.45, 7) is 3.96. The Morgan fingerprint density at radius 3 is 2.70 bits per heavy atom. The minimum absolute atomic E-state index is 0.0446. The third kappa shape index (κ3) is 3.23. The smallest absolute Gasteiger partial charge is 0.303 e. The van der Waals surface area contributed by atoms with Crippen LogP contribution in [-0.2, 0) is 11.2 Å². The number of hydrogen-bond donors (Lipinski definition) is 2. The zero-order chi connectivity index (χ0) is 14.7. The Labute approximate surface area is 116 Å². The van der Waals surface area contributed by atoms with Gasteiger partial charge in [-0.25, -0.2) is 4.98 Å². The van der Waals surface area contributed by atoms with Crippen molar-refractivity contribution in [1.82, 2.24) is 9.97 Å². The van der Waals surface area contributed by atoms with Crippen LogP contribution in [0.4, 0.5) is 0 Å². The monoisotopic (exact) mass is 274 g/mol. The molecule has 1 aromatic carbocycles. The number of benzene rings is 1. The highest BCUT2D eigenvalue weighted by atomic mass is 16.4. The van der Waals surface area contributed by atoms with Crippen molar-refractivity contribution in [1.29, 1.82) is 0 Å². The van der Waals surface area contributed by atoms with E-state index >= 15 is 0 Å². The molecular weight excluding hydrogens is 256 g/mol. The van der Waals surface area contributed by atoms with E-state index < -0.39 is 5.97 Å². The van der Waals surface area contributed by atoms with E-state index in [-0.39, 0.29) is 23.8 Å². The number of carboxylic acid groups (broad SMARTS) is 1. The number of H-pyrrole nitrogens is 1. The lowest BCUT2D eigenvalue weighted by Gasteiger charge is -2.18. The highest BCUT2D eigenvalue weighted by Gasteiger charge is 2.19. The molecule has 0 bridgehead atoms. The van der Waals surface area contributed by atoms with E-state index in [9.17, 15) is 9.59 Å². The number of para-hydroxylation sites is 1. The second-order valence-corrected chi connectivity index (χ2v) is 5.34. The highest BCUT2D eigenvalue weighted by Crippen LogP contribution is 2.19. The van der Waals surface area contributed by atoms with Crippen LogP contribution in [0.25, 0.3) is 10.9 Å². The molecule has 0 aliphatic heterocycles. The lowest BCUT2D eigenvalue weighted by Crippen LogP contribution is -2.20. The minimum Gasteiger partial charge on any atom is -0.481 e. The summed E-state index contributed by atoms with van der Waals surface area (Å²) in [5.74, 6) is -0.111. The molecule has 2 rings (SSSR count). The summed E-state index contributed by atoms with van der Waals surface area (Å²) in [6, 6.07) is 7.13. The predicted molar refractivity (Wildman–Crippen MR) is 76.6 cm³/mol. The first-order chi connectivity index (χ1) is 9.47. The number of carbonyl (C=O) groups is 1. The number of aromatic amines is 1. The van der Waals surface area contributed by atoms with Crippen molar-refractivity contribution >= 4 is 16.9 Å². The SMILES string of the molecule is CC(C)C(CC(=O)O)Cc1nc2ccccc2c(=O)[nH]1. The van der Waals surface area contributed by atoms with Crippen molar-refractivity contribution in [2.24, 2.45) is 11.8 Å². The van der Waals surface area contributed by atoms with Gasteiger partial charge in [0.15, 0.2) is 0 Å². The van der Waals surface area contributed by atoms with Gasteiger partial charge in [-0.1, -0.05) is 26.0 Å². The van der Waals surface area contributed by atoms with Crippen molar-refractivity contribution in [3.63, 3.8) is 0 Å². The van der Waals surface area contributed by atoms with E-state index in [0.717, 1.165) is 0 Å². The van der Waals surface area contributed by atoms with Gasteiger partial charge in [0, 0.05) is 12.8 Å². The van der Waals surface area contributed by atoms with Gasteiger partial charge in [-0.3, -0.25) is 9.59 Å². The summed E-state index contributed by atoms with van der Waals surface area (Å²) >= 11 is 0. The first kappa shape index (κ1) is 14.2. The summed E-state index contributed by atoms with van der Waals surface area (Å²) < 4.78 is 0. The Morgan fingerprint density at radius 1 is 1.35 bits per heavy atom. The van der Waals surface area contributed by atoms with Gasteiger partial charge in [0.1, 0.15) is 5.82 Å². The molecule has 106 valence electrons. The number of nitrogens with one attached hydrogen (secondary N) is 1. The largest absolute Gasteiger partial charge is 0.481 e. The van der Waals surface area contributed by atoms with Crippen LogP contribution in [-0.4, -0.2) is 21.0 Å². The number of fused-ring (bicyclic) bond motifs is 1. The Kier molecular flexibility index (Phi) is 4.17. The number of aromatic nitrogens is 2. The fourth-order valence-electron chi connectivity index (χ4n) is 2.25. The molecule has 0 fully saturated rings. The number of carboxylic acids is 1. The molecule has 0 aliphatic rings. The zero-order valence-electron chi connectivity index (χ0n) is 11.6. The highest BCUT2D eigenvalue weighted by molar-refractivity contribution is 5.77. The van der Waals surface area contributed by atoms with Gasteiger partial charge < -0.3 is 10.1 Å². The van der Waals surface area contributed by atoms with E-state index in [1.165, 1.54) is 0 Å². The van der Waals surface area contributed by atoms with Crippen LogP contribution in [0, 0.1) is 11.8 Å². The van der Waals surface area contributed by atoms with E-state index in [2.05, 4.69) is 9.97 Å². The molecule has 2 aromatic rings. The Hall–Kier alpha value is -2.17. The average Bonchev–Trinajstić information content (AvgIpc) is 2.37. The second kappa shape index (κ2) is 5.86. The number of nitrogens with zero attached hydrogens (tertiary/aromatic N) is 1. The van der Waals surface area contributed by atoms with Crippen LogP contribution < -0.4 is 5.56 Å².